The van der Waals surface area contributed by atoms with Gasteiger partial charge < -0.3 is 5.32 Å². The summed E-state index contributed by atoms with van der Waals surface area (Å²) >= 11 is 7.69. The first-order valence-electron chi connectivity index (χ1n) is 9.72. The van der Waals surface area contributed by atoms with Crippen LogP contribution in [0.1, 0.15) is 11.1 Å². The Morgan fingerprint density at radius 3 is 2.53 bits per heavy atom. The molecule has 2 N–H and O–H groups in total. The summed E-state index contributed by atoms with van der Waals surface area (Å²) in [6, 6.07) is 19.0. The zero-order valence-electron chi connectivity index (χ0n) is 16.6. The molecule has 2 aromatic carbocycles. The Bertz CT molecular complexity index is 1370. The third-order valence-electron chi connectivity index (χ3n) is 4.86. The summed E-state index contributed by atoms with van der Waals surface area (Å²) in [5.74, 6) is 0.274. The van der Waals surface area contributed by atoms with Crippen molar-refractivity contribution in [2.24, 2.45) is 0 Å². The molecular weight excluding hydrogens is 446 g/mol. The number of hydrogen-bond donors (Lipinski definition) is 2. The molecule has 5 rings (SSSR count). The second-order valence-corrected chi connectivity index (χ2v) is 8.49. The van der Waals surface area contributed by atoms with Gasteiger partial charge in [-0.05, 0) is 29.8 Å². The highest BCUT2D eigenvalue weighted by atomic mass is 35.5. The molecule has 9 heteroatoms. The first kappa shape index (κ1) is 20.3. The molecule has 1 aliphatic heterocycles. The number of nitrogens with zero attached hydrogens (tertiary/aromatic N) is 3. The third-order valence-corrected chi connectivity index (χ3v) is 6.17. The standard InChI is InChI=1S/C23H16ClN5O2S/c24-17-8-6-15(7-9-17)18-11-20(32-13-14-4-2-1-3-5-14)29-21(26-18)16(12-25-29)10-19-22(30)28-23(31)27-19/h1-12H,13H2,(H2,27,28,30,31)/b19-10-. The maximum absolute atomic E-state index is 12.0. The molecule has 0 atom stereocenters. The number of imide groups is 1. The van der Waals surface area contributed by atoms with Crippen LogP contribution in [0.4, 0.5) is 4.79 Å². The number of carbonyl (C=O) groups excluding carboxylic acids is 2. The number of nitrogens with one attached hydrogen (secondary N) is 2. The second-order valence-electron chi connectivity index (χ2n) is 7.06. The van der Waals surface area contributed by atoms with Crippen molar-refractivity contribution in [3.63, 3.8) is 0 Å². The molecule has 32 heavy (non-hydrogen) atoms. The SMILES string of the molecule is O=C1NC(=O)/C(=C/c2cnn3c(SCc4ccccc4)cc(-c4ccc(Cl)cc4)nc23)N1. The van der Waals surface area contributed by atoms with Gasteiger partial charge in [0.05, 0.1) is 11.9 Å². The molecule has 0 radical (unpaired) electrons. The Morgan fingerprint density at radius 2 is 1.81 bits per heavy atom. The molecule has 0 aliphatic carbocycles. The van der Waals surface area contributed by atoms with Crippen molar-refractivity contribution in [3.8, 4) is 11.3 Å². The summed E-state index contributed by atoms with van der Waals surface area (Å²) in [5.41, 5.74) is 4.21. The zero-order chi connectivity index (χ0) is 22.1. The highest BCUT2D eigenvalue weighted by Gasteiger charge is 2.24. The van der Waals surface area contributed by atoms with Crippen LogP contribution in [0.5, 0.6) is 0 Å². The van der Waals surface area contributed by atoms with E-state index in [1.54, 1.807) is 28.6 Å². The summed E-state index contributed by atoms with van der Waals surface area (Å²) in [6.07, 6.45) is 3.21. The van der Waals surface area contributed by atoms with Gasteiger partial charge in [0.25, 0.3) is 5.91 Å². The molecule has 1 fully saturated rings. The van der Waals surface area contributed by atoms with Gasteiger partial charge in [0.2, 0.25) is 0 Å². The lowest BCUT2D eigenvalue weighted by Gasteiger charge is -2.09. The predicted molar refractivity (Wildman–Crippen MR) is 124 cm³/mol. The van der Waals surface area contributed by atoms with Gasteiger partial charge in [-0.3, -0.25) is 10.1 Å². The summed E-state index contributed by atoms with van der Waals surface area (Å²) < 4.78 is 1.74. The fraction of sp³-hybridized carbons (Fsp3) is 0.0435. The van der Waals surface area contributed by atoms with Crippen LogP contribution in [0.25, 0.3) is 23.0 Å². The van der Waals surface area contributed by atoms with E-state index in [9.17, 15) is 9.59 Å². The average Bonchev–Trinajstić information content (AvgIpc) is 3.35. The number of aromatic nitrogens is 3. The first-order chi connectivity index (χ1) is 15.6. The lowest BCUT2D eigenvalue weighted by molar-refractivity contribution is -0.115. The number of urea groups is 1. The number of fused-ring (bicyclic) bond motifs is 1. The van der Waals surface area contributed by atoms with E-state index < -0.39 is 11.9 Å². The Labute approximate surface area is 192 Å². The van der Waals surface area contributed by atoms with Crippen LogP contribution in [0.15, 0.2) is 77.6 Å². The topological polar surface area (TPSA) is 88.4 Å². The molecule has 0 saturated carbocycles. The highest BCUT2D eigenvalue weighted by molar-refractivity contribution is 7.98. The van der Waals surface area contributed by atoms with Gasteiger partial charge in [0, 0.05) is 21.9 Å². The van der Waals surface area contributed by atoms with Crippen molar-refractivity contribution in [1.29, 1.82) is 0 Å². The number of thioether (sulfide) groups is 1. The minimum absolute atomic E-state index is 0.155. The van der Waals surface area contributed by atoms with Crippen molar-refractivity contribution in [2.75, 3.05) is 0 Å². The van der Waals surface area contributed by atoms with Crippen LogP contribution in [-0.4, -0.2) is 26.5 Å². The highest BCUT2D eigenvalue weighted by Crippen LogP contribution is 2.30. The normalized spacial score (nSPS) is 14.7. The maximum atomic E-state index is 12.0. The molecule has 4 aromatic rings. The smallest absolute Gasteiger partial charge is 0.303 e. The Balaban J connectivity index is 1.60. The van der Waals surface area contributed by atoms with Crippen molar-refractivity contribution < 1.29 is 9.59 Å². The van der Waals surface area contributed by atoms with Gasteiger partial charge >= 0.3 is 6.03 Å². The van der Waals surface area contributed by atoms with Crippen molar-refractivity contribution in [3.05, 3.63) is 88.7 Å². The van der Waals surface area contributed by atoms with Gasteiger partial charge in [0.15, 0.2) is 5.65 Å². The maximum Gasteiger partial charge on any atom is 0.326 e. The Morgan fingerprint density at radius 1 is 1.03 bits per heavy atom. The van der Waals surface area contributed by atoms with Gasteiger partial charge in [-0.1, -0.05) is 54.1 Å². The number of hydrogen-bond acceptors (Lipinski definition) is 5. The minimum Gasteiger partial charge on any atom is -0.303 e. The lowest BCUT2D eigenvalue weighted by Crippen LogP contribution is -2.22. The molecule has 1 aliphatic rings. The zero-order valence-corrected chi connectivity index (χ0v) is 18.2. The first-order valence-corrected chi connectivity index (χ1v) is 11.1. The molecule has 3 amide bonds. The van der Waals surface area contributed by atoms with Crippen LogP contribution in [0, 0.1) is 0 Å². The molecule has 0 spiro atoms. The molecule has 0 unspecified atom stereocenters. The number of benzene rings is 2. The average molecular weight is 462 g/mol. The number of halogens is 1. The van der Waals surface area contributed by atoms with E-state index in [0.29, 0.717) is 16.2 Å². The second kappa shape index (κ2) is 8.49. The van der Waals surface area contributed by atoms with Crippen LogP contribution >= 0.6 is 23.4 Å². The minimum atomic E-state index is -0.549. The van der Waals surface area contributed by atoms with E-state index >= 15 is 0 Å². The van der Waals surface area contributed by atoms with Crippen LogP contribution in [-0.2, 0) is 10.5 Å². The van der Waals surface area contributed by atoms with E-state index in [2.05, 4.69) is 27.9 Å². The molecule has 3 heterocycles. The van der Waals surface area contributed by atoms with E-state index in [1.165, 1.54) is 5.56 Å². The predicted octanol–water partition coefficient (Wildman–Crippen LogP) is 4.52. The molecule has 7 nitrogen and oxygen atoms in total. The third kappa shape index (κ3) is 4.10. The summed E-state index contributed by atoms with van der Waals surface area (Å²) in [6.45, 7) is 0. The van der Waals surface area contributed by atoms with Crippen molar-refractivity contribution in [2.45, 2.75) is 10.8 Å². The monoisotopic (exact) mass is 461 g/mol. The van der Waals surface area contributed by atoms with Gasteiger partial charge in [-0.15, -0.1) is 11.8 Å². The summed E-state index contributed by atoms with van der Waals surface area (Å²) in [5, 5.41) is 10.7. The Hall–Kier alpha value is -3.62. The molecule has 1 saturated heterocycles. The molecule has 2 aromatic heterocycles. The van der Waals surface area contributed by atoms with E-state index in [4.69, 9.17) is 16.6 Å². The largest absolute Gasteiger partial charge is 0.326 e. The Kier molecular flexibility index (Phi) is 5.38. The lowest BCUT2D eigenvalue weighted by atomic mass is 10.1. The molecule has 0 bridgehead atoms. The van der Waals surface area contributed by atoms with E-state index in [-0.39, 0.29) is 5.70 Å². The quantitative estimate of drug-likeness (QED) is 0.197. The van der Waals surface area contributed by atoms with Gasteiger partial charge in [-0.25, -0.2) is 14.3 Å². The number of carbonyl (C=O) groups is 2. The van der Waals surface area contributed by atoms with E-state index in [0.717, 1.165) is 22.0 Å². The van der Waals surface area contributed by atoms with Crippen molar-refractivity contribution in [1.82, 2.24) is 25.2 Å². The number of rotatable bonds is 5. The summed E-state index contributed by atoms with van der Waals surface area (Å²) in [7, 11) is 0. The molecule has 158 valence electrons. The number of amides is 3. The van der Waals surface area contributed by atoms with Crippen LogP contribution in [0.2, 0.25) is 5.02 Å². The van der Waals surface area contributed by atoms with E-state index in [1.807, 2.05) is 48.5 Å². The van der Waals surface area contributed by atoms with Crippen LogP contribution < -0.4 is 10.6 Å². The fourth-order valence-corrected chi connectivity index (χ4v) is 4.38. The van der Waals surface area contributed by atoms with Gasteiger partial charge in [-0.2, -0.15) is 5.10 Å². The van der Waals surface area contributed by atoms with Crippen molar-refractivity contribution >= 4 is 47.0 Å². The fourth-order valence-electron chi connectivity index (χ4n) is 3.29. The van der Waals surface area contributed by atoms with Gasteiger partial charge in [0.1, 0.15) is 10.7 Å². The molecular formula is C23H16ClN5O2S. The summed E-state index contributed by atoms with van der Waals surface area (Å²) in [4.78, 5) is 28.2. The van der Waals surface area contributed by atoms with Crippen LogP contribution in [0.3, 0.4) is 0 Å².